The summed E-state index contributed by atoms with van der Waals surface area (Å²) in [6.07, 6.45) is 0. The first kappa shape index (κ1) is 8.61. The fourth-order valence-electron chi connectivity index (χ4n) is 0.478. The van der Waals surface area contributed by atoms with Gasteiger partial charge in [-0.05, 0) is 0 Å². The Balaban J connectivity index is 3.35. The second kappa shape index (κ2) is 3.27. The molecule has 0 atom stereocenters. The molecule has 0 amide bonds. The van der Waals surface area contributed by atoms with Gasteiger partial charge >= 0.3 is 0 Å². The second-order valence-electron chi connectivity index (χ2n) is 1.62. The van der Waals surface area contributed by atoms with Crippen LogP contribution in [0.2, 0.25) is 15.3 Å². The SMILES string of the molecule is N#Cc1[c]c(Cl)c(Cl)nc1Cl. The molecule has 0 aliphatic carbocycles. The summed E-state index contributed by atoms with van der Waals surface area (Å²) in [4.78, 5) is 3.59. The Bertz CT molecular complexity index is 329. The van der Waals surface area contributed by atoms with Gasteiger partial charge < -0.3 is 0 Å². The molecular weight excluding hydrogens is 206 g/mol. The first-order valence-electron chi connectivity index (χ1n) is 2.49. The van der Waals surface area contributed by atoms with E-state index in [0.717, 1.165) is 0 Å². The highest BCUT2D eigenvalue weighted by Gasteiger charge is 2.06. The molecule has 0 N–H and O–H groups in total. The molecule has 1 aromatic heterocycles. The molecule has 11 heavy (non-hydrogen) atoms. The third-order valence-electron chi connectivity index (χ3n) is 0.930. The van der Waals surface area contributed by atoms with Crippen molar-refractivity contribution >= 4 is 34.8 Å². The molecule has 55 valence electrons. The van der Waals surface area contributed by atoms with E-state index >= 15 is 0 Å². The zero-order valence-electron chi connectivity index (χ0n) is 5.03. The van der Waals surface area contributed by atoms with E-state index in [0.29, 0.717) is 0 Å². The van der Waals surface area contributed by atoms with Crippen LogP contribution in [-0.2, 0) is 0 Å². The van der Waals surface area contributed by atoms with Gasteiger partial charge in [-0.25, -0.2) is 4.98 Å². The number of halogens is 3. The Morgan fingerprint density at radius 2 is 1.91 bits per heavy atom. The summed E-state index contributed by atoms with van der Waals surface area (Å²) in [6.45, 7) is 0. The van der Waals surface area contributed by atoms with Gasteiger partial charge in [0.15, 0.2) is 0 Å². The molecule has 2 nitrogen and oxygen atoms in total. The fraction of sp³-hybridized carbons (Fsp3) is 0. The van der Waals surface area contributed by atoms with E-state index in [4.69, 9.17) is 40.1 Å². The fourth-order valence-corrected chi connectivity index (χ4v) is 0.964. The zero-order chi connectivity index (χ0) is 8.43. The van der Waals surface area contributed by atoms with Crippen LogP contribution in [0.5, 0.6) is 0 Å². The Morgan fingerprint density at radius 1 is 1.27 bits per heavy atom. The molecule has 0 unspecified atom stereocenters. The molecule has 1 radical (unpaired) electrons. The van der Waals surface area contributed by atoms with Crippen molar-refractivity contribution in [1.82, 2.24) is 4.98 Å². The molecule has 0 aliphatic heterocycles. The maximum Gasteiger partial charge on any atom is 0.150 e. The lowest BCUT2D eigenvalue weighted by molar-refractivity contribution is 1.30. The quantitative estimate of drug-likeness (QED) is 0.612. The van der Waals surface area contributed by atoms with E-state index in [9.17, 15) is 0 Å². The van der Waals surface area contributed by atoms with E-state index < -0.39 is 0 Å². The van der Waals surface area contributed by atoms with E-state index in [1.165, 1.54) is 0 Å². The maximum atomic E-state index is 8.43. The molecule has 5 heteroatoms. The molecule has 0 aliphatic rings. The lowest BCUT2D eigenvalue weighted by Gasteiger charge is -1.95. The van der Waals surface area contributed by atoms with Crippen molar-refractivity contribution in [2.24, 2.45) is 0 Å². The number of hydrogen-bond donors (Lipinski definition) is 0. The smallest absolute Gasteiger partial charge is 0.150 e. The number of aromatic nitrogens is 1. The first-order chi connectivity index (χ1) is 5.15. The third kappa shape index (κ3) is 1.75. The maximum absolute atomic E-state index is 8.43. The average molecular weight is 206 g/mol. The summed E-state index contributed by atoms with van der Waals surface area (Å²) in [6, 6.07) is 4.24. The molecular formula is C6Cl3N2. The molecule has 1 heterocycles. The van der Waals surface area contributed by atoms with E-state index in [1.807, 2.05) is 0 Å². The van der Waals surface area contributed by atoms with Crippen LogP contribution in [0, 0.1) is 17.4 Å². The predicted octanol–water partition coefficient (Wildman–Crippen LogP) is 2.71. The minimum Gasteiger partial charge on any atom is -0.221 e. The lowest BCUT2D eigenvalue weighted by atomic mass is 10.3. The molecule has 0 spiro atoms. The molecule has 1 aromatic rings. The average Bonchev–Trinajstić information content (AvgIpc) is 1.97. The van der Waals surface area contributed by atoms with Crippen LogP contribution in [0.1, 0.15) is 5.56 Å². The molecule has 0 saturated heterocycles. The van der Waals surface area contributed by atoms with Gasteiger partial charge in [0.2, 0.25) is 0 Å². The Kier molecular flexibility index (Phi) is 2.56. The number of nitriles is 1. The first-order valence-corrected chi connectivity index (χ1v) is 3.62. The van der Waals surface area contributed by atoms with Gasteiger partial charge in [0.25, 0.3) is 0 Å². The summed E-state index contributed by atoms with van der Waals surface area (Å²) < 4.78 is 0. The highest BCUT2D eigenvalue weighted by molar-refractivity contribution is 6.42. The van der Waals surface area contributed by atoms with Crippen molar-refractivity contribution < 1.29 is 0 Å². The Labute approximate surface area is 78.3 Å². The number of rotatable bonds is 0. The molecule has 0 aromatic carbocycles. The minimum atomic E-state index is 0.0156. The normalized spacial score (nSPS) is 9.27. The molecule has 1 rings (SSSR count). The van der Waals surface area contributed by atoms with Crippen LogP contribution in [-0.4, -0.2) is 4.98 Å². The van der Waals surface area contributed by atoms with Crippen LogP contribution in [0.25, 0.3) is 0 Å². The van der Waals surface area contributed by atoms with E-state index in [2.05, 4.69) is 11.1 Å². The standard InChI is InChI=1S/C6Cl3N2/c7-4-1-3(2-10)5(8)11-6(4)9. The monoisotopic (exact) mass is 205 g/mol. The van der Waals surface area contributed by atoms with Crippen LogP contribution in [0.15, 0.2) is 0 Å². The highest BCUT2D eigenvalue weighted by atomic mass is 35.5. The molecule has 0 bridgehead atoms. The van der Waals surface area contributed by atoms with Gasteiger partial charge in [-0.3, -0.25) is 0 Å². The summed E-state index contributed by atoms with van der Waals surface area (Å²) >= 11 is 16.5. The van der Waals surface area contributed by atoms with Crippen LogP contribution in [0.4, 0.5) is 0 Å². The van der Waals surface area contributed by atoms with Gasteiger partial charge in [0, 0.05) is 6.07 Å². The van der Waals surface area contributed by atoms with Gasteiger partial charge in [0.05, 0.1) is 10.6 Å². The molecule has 0 saturated carbocycles. The van der Waals surface area contributed by atoms with E-state index in [1.54, 1.807) is 6.07 Å². The van der Waals surface area contributed by atoms with Crippen molar-refractivity contribution in [3.05, 3.63) is 27.0 Å². The Morgan fingerprint density at radius 3 is 2.45 bits per heavy atom. The minimum absolute atomic E-state index is 0.0156. The summed E-state index contributed by atoms with van der Waals surface area (Å²) in [5.41, 5.74) is 0.0982. The topological polar surface area (TPSA) is 36.7 Å². The van der Waals surface area contributed by atoms with Crippen molar-refractivity contribution in [1.29, 1.82) is 5.26 Å². The number of pyridine rings is 1. The third-order valence-corrected chi connectivity index (χ3v) is 1.85. The van der Waals surface area contributed by atoms with Gasteiger partial charge in [-0.1, -0.05) is 34.8 Å². The van der Waals surface area contributed by atoms with Crippen LogP contribution in [0.3, 0.4) is 0 Å². The lowest BCUT2D eigenvalue weighted by Crippen LogP contribution is -1.84. The van der Waals surface area contributed by atoms with Gasteiger partial charge in [-0.2, -0.15) is 5.26 Å². The number of nitrogens with zero attached hydrogens (tertiary/aromatic N) is 2. The van der Waals surface area contributed by atoms with Crippen LogP contribution < -0.4 is 0 Å². The van der Waals surface area contributed by atoms with Crippen molar-refractivity contribution in [2.45, 2.75) is 0 Å². The second-order valence-corrected chi connectivity index (χ2v) is 2.71. The van der Waals surface area contributed by atoms with Crippen molar-refractivity contribution in [2.75, 3.05) is 0 Å². The van der Waals surface area contributed by atoms with Crippen molar-refractivity contribution in [3.63, 3.8) is 0 Å². The molecule has 0 fully saturated rings. The summed E-state index contributed by atoms with van der Waals surface area (Å²) in [5.74, 6) is 0. The zero-order valence-corrected chi connectivity index (χ0v) is 7.30. The highest BCUT2D eigenvalue weighted by Crippen LogP contribution is 2.23. The summed E-state index contributed by atoms with van der Waals surface area (Å²) in [5, 5.41) is 8.60. The number of hydrogen-bond acceptors (Lipinski definition) is 2. The van der Waals surface area contributed by atoms with Gasteiger partial charge in [0.1, 0.15) is 16.4 Å². The van der Waals surface area contributed by atoms with Crippen molar-refractivity contribution in [3.8, 4) is 6.07 Å². The predicted molar refractivity (Wildman–Crippen MR) is 42.8 cm³/mol. The van der Waals surface area contributed by atoms with Gasteiger partial charge in [-0.15, -0.1) is 0 Å². The van der Waals surface area contributed by atoms with Crippen LogP contribution >= 0.6 is 34.8 Å². The summed E-state index contributed by atoms with van der Waals surface area (Å²) in [7, 11) is 0. The van der Waals surface area contributed by atoms with E-state index in [-0.39, 0.29) is 20.9 Å². The largest absolute Gasteiger partial charge is 0.221 e. The Hall–Kier alpha value is -0.490.